The van der Waals surface area contributed by atoms with Crippen molar-refractivity contribution in [3.63, 3.8) is 0 Å². The van der Waals surface area contributed by atoms with Gasteiger partial charge >= 0.3 is 5.97 Å². The number of amides is 1. The quantitative estimate of drug-likeness (QED) is 0.389. The standard InChI is InChI=1S/C27H27NO4/c29-25(9-5-4-8-19-6-2-1-3-7-19)23-13-12-21-14-20(10-11-22(21)15-23)17-28-18-24(27(31)32)16-26(28)30/h1-3,6-7,10-15,24H,4-5,8-9,16-18H2,(H,31,32). The normalized spacial score (nSPS) is 15.9. The number of carboxylic acids is 1. The zero-order valence-electron chi connectivity index (χ0n) is 18.0. The summed E-state index contributed by atoms with van der Waals surface area (Å²) in [4.78, 5) is 37.5. The number of benzene rings is 3. The summed E-state index contributed by atoms with van der Waals surface area (Å²) in [7, 11) is 0. The molecule has 1 fully saturated rings. The van der Waals surface area contributed by atoms with Crippen LogP contribution in [0.3, 0.4) is 0 Å². The van der Waals surface area contributed by atoms with Crippen LogP contribution in [0.25, 0.3) is 10.8 Å². The molecule has 1 N–H and O–H groups in total. The molecule has 1 unspecified atom stereocenters. The summed E-state index contributed by atoms with van der Waals surface area (Å²) >= 11 is 0. The molecular weight excluding hydrogens is 402 g/mol. The lowest BCUT2D eigenvalue weighted by Crippen LogP contribution is -2.25. The van der Waals surface area contributed by atoms with Gasteiger partial charge in [0.1, 0.15) is 0 Å². The minimum absolute atomic E-state index is 0.0692. The van der Waals surface area contributed by atoms with E-state index in [0.29, 0.717) is 13.0 Å². The Morgan fingerprint density at radius 1 is 0.906 bits per heavy atom. The first-order chi connectivity index (χ1) is 15.5. The van der Waals surface area contributed by atoms with Crippen LogP contribution >= 0.6 is 0 Å². The van der Waals surface area contributed by atoms with Gasteiger partial charge in [-0.15, -0.1) is 0 Å². The number of nitrogens with zero attached hydrogens (tertiary/aromatic N) is 1. The maximum Gasteiger partial charge on any atom is 0.308 e. The minimum Gasteiger partial charge on any atom is -0.481 e. The zero-order chi connectivity index (χ0) is 22.5. The maximum absolute atomic E-state index is 12.6. The number of aliphatic carboxylic acids is 1. The van der Waals surface area contributed by atoms with Crippen LogP contribution < -0.4 is 0 Å². The van der Waals surface area contributed by atoms with E-state index in [0.717, 1.165) is 41.2 Å². The summed E-state index contributed by atoms with van der Waals surface area (Å²) in [6.45, 7) is 0.657. The van der Waals surface area contributed by atoms with Crippen LogP contribution in [-0.4, -0.2) is 34.2 Å². The SMILES string of the molecule is O=C(CCCCc1ccccc1)c1ccc2cc(CN3CC(C(=O)O)CC3=O)ccc2c1. The van der Waals surface area contributed by atoms with Crippen molar-refractivity contribution in [3.05, 3.63) is 83.4 Å². The third kappa shape index (κ3) is 5.22. The van der Waals surface area contributed by atoms with E-state index in [1.807, 2.05) is 54.6 Å². The molecule has 1 heterocycles. The molecule has 0 bridgehead atoms. The molecule has 3 aromatic rings. The molecule has 4 rings (SSSR count). The number of Topliss-reactive ketones (excluding diaryl/α,β-unsaturated/α-hetero) is 1. The second kappa shape index (κ2) is 9.77. The fourth-order valence-corrected chi connectivity index (χ4v) is 4.28. The fourth-order valence-electron chi connectivity index (χ4n) is 4.28. The lowest BCUT2D eigenvalue weighted by molar-refractivity contribution is -0.141. The molecule has 0 saturated carbocycles. The van der Waals surface area contributed by atoms with Gasteiger partial charge in [-0.25, -0.2) is 0 Å². The number of carboxylic acid groups (broad SMARTS) is 1. The van der Waals surface area contributed by atoms with E-state index in [1.54, 1.807) is 4.90 Å². The number of fused-ring (bicyclic) bond motifs is 1. The van der Waals surface area contributed by atoms with Crippen LogP contribution in [0, 0.1) is 5.92 Å². The summed E-state index contributed by atoms with van der Waals surface area (Å²) in [5.41, 5.74) is 2.98. The Kier molecular flexibility index (Phi) is 6.64. The Hall–Kier alpha value is -3.47. The predicted molar refractivity (Wildman–Crippen MR) is 123 cm³/mol. The number of carbonyl (C=O) groups is 3. The van der Waals surface area contributed by atoms with Crippen LogP contribution in [0.2, 0.25) is 0 Å². The van der Waals surface area contributed by atoms with Gasteiger partial charge in [-0.3, -0.25) is 14.4 Å². The van der Waals surface area contributed by atoms with E-state index in [4.69, 9.17) is 5.11 Å². The van der Waals surface area contributed by atoms with E-state index in [9.17, 15) is 14.4 Å². The highest BCUT2D eigenvalue weighted by molar-refractivity contribution is 6.00. The van der Waals surface area contributed by atoms with Crippen molar-refractivity contribution in [1.82, 2.24) is 4.90 Å². The van der Waals surface area contributed by atoms with Crippen molar-refractivity contribution in [2.75, 3.05) is 6.54 Å². The van der Waals surface area contributed by atoms with Gasteiger partial charge in [0.2, 0.25) is 5.91 Å². The average molecular weight is 430 g/mol. The number of carbonyl (C=O) groups excluding carboxylic acids is 2. The Morgan fingerprint density at radius 3 is 2.41 bits per heavy atom. The van der Waals surface area contributed by atoms with Crippen molar-refractivity contribution in [2.45, 2.75) is 38.6 Å². The van der Waals surface area contributed by atoms with Crippen LogP contribution in [0.1, 0.15) is 47.2 Å². The highest BCUT2D eigenvalue weighted by Crippen LogP contribution is 2.24. The van der Waals surface area contributed by atoms with E-state index in [1.165, 1.54) is 5.56 Å². The van der Waals surface area contributed by atoms with Crippen LogP contribution in [0.5, 0.6) is 0 Å². The molecule has 0 aliphatic carbocycles. The summed E-state index contributed by atoms with van der Waals surface area (Å²) in [5.74, 6) is -1.50. The summed E-state index contributed by atoms with van der Waals surface area (Å²) in [6, 6.07) is 22.0. The van der Waals surface area contributed by atoms with Crippen LogP contribution in [0.4, 0.5) is 0 Å². The van der Waals surface area contributed by atoms with Gasteiger partial charge in [0.05, 0.1) is 5.92 Å². The Balaban J connectivity index is 1.34. The molecular formula is C27H27NO4. The highest BCUT2D eigenvalue weighted by Gasteiger charge is 2.34. The molecule has 1 saturated heterocycles. The molecule has 1 aliphatic rings. The Bertz CT molecular complexity index is 1140. The highest BCUT2D eigenvalue weighted by atomic mass is 16.4. The maximum atomic E-state index is 12.6. The molecule has 5 heteroatoms. The first-order valence-electron chi connectivity index (χ1n) is 11.1. The number of likely N-dealkylation sites (tertiary alicyclic amines) is 1. The van der Waals surface area contributed by atoms with E-state index in [-0.39, 0.29) is 24.7 Å². The second-order valence-electron chi connectivity index (χ2n) is 8.53. The van der Waals surface area contributed by atoms with Gasteiger partial charge in [-0.1, -0.05) is 54.6 Å². The molecule has 5 nitrogen and oxygen atoms in total. The molecule has 0 aromatic heterocycles. The van der Waals surface area contributed by atoms with Gasteiger partial charge in [0.25, 0.3) is 0 Å². The second-order valence-corrected chi connectivity index (χ2v) is 8.53. The van der Waals surface area contributed by atoms with Gasteiger partial charge in [-0.05, 0) is 53.3 Å². The summed E-state index contributed by atoms with van der Waals surface area (Å²) in [6.07, 6.45) is 3.45. The third-order valence-electron chi connectivity index (χ3n) is 6.13. The predicted octanol–water partition coefficient (Wildman–Crippen LogP) is 4.87. The number of ketones is 1. The first kappa shape index (κ1) is 21.8. The molecule has 1 amide bonds. The Labute approximate surface area is 187 Å². The lowest BCUT2D eigenvalue weighted by Gasteiger charge is -2.16. The lowest BCUT2D eigenvalue weighted by atomic mass is 9.99. The topological polar surface area (TPSA) is 74.7 Å². The summed E-state index contributed by atoms with van der Waals surface area (Å²) in [5, 5.41) is 11.1. The molecule has 32 heavy (non-hydrogen) atoms. The minimum atomic E-state index is -0.920. The Morgan fingerprint density at radius 2 is 1.66 bits per heavy atom. The van der Waals surface area contributed by atoms with Gasteiger partial charge in [0, 0.05) is 31.5 Å². The smallest absolute Gasteiger partial charge is 0.308 e. The zero-order valence-corrected chi connectivity index (χ0v) is 18.0. The van der Waals surface area contributed by atoms with Crippen molar-refractivity contribution in [1.29, 1.82) is 0 Å². The first-order valence-corrected chi connectivity index (χ1v) is 11.1. The van der Waals surface area contributed by atoms with Crippen molar-refractivity contribution in [3.8, 4) is 0 Å². The van der Waals surface area contributed by atoms with Crippen molar-refractivity contribution < 1.29 is 19.5 Å². The number of aryl methyl sites for hydroxylation is 1. The fraction of sp³-hybridized carbons (Fsp3) is 0.296. The molecule has 1 atom stereocenters. The molecule has 1 aliphatic heterocycles. The third-order valence-corrected chi connectivity index (χ3v) is 6.13. The number of hydrogen-bond donors (Lipinski definition) is 1. The van der Waals surface area contributed by atoms with Gasteiger partial charge in [-0.2, -0.15) is 0 Å². The van der Waals surface area contributed by atoms with E-state index in [2.05, 4.69) is 12.1 Å². The van der Waals surface area contributed by atoms with Crippen molar-refractivity contribution in [2.24, 2.45) is 5.92 Å². The van der Waals surface area contributed by atoms with Crippen LogP contribution in [0.15, 0.2) is 66.7 Å². The summed E-state index contributed by atoms with van der Waals surface area (Å²) < 4.78 is 0. The number of rotatable bonds is 9. The molecule has 0 radical (unpaired) electrons. The van der Waals surface area contributed by atoms with Gasteiger partial charge in [0.15, 0.2) is 5.78 Å². The van der Waals surface area contributed by atoms with Gasteiger partial charge < -0.3 is 10.0 Å². The average Bonchev–Trinajstić information content (AvgIpc) is 3.17. The number of hydrogen-bond acceptors (Lipinski definition) is 3. The largest absolute Gasteiger partial charge is 0.481 e. The van der Waals surface area contributed by atoms with E-state index < -0.39 is 11.9 Å². The molecule has 3 aromatic carbocycles. The van der Waals surface area contributed by atoms with E-state index >= 15 is 0 Å². The van der Waals surface area contributed by atoms with Crippen molar-refractivity contribution >= 4 is 28.4 Å². The van der Waals surface area contributed by atoms with Crippen LogP contribution in [-0.2, 0) is 22.6 Å². The molecule has 0 spiro atoms. The monoisotopic (exact) mass is 429 g/mol. The number of unbranched alkanes of at least 4 members (excludes halogenated alkanes) is 1. The molecule has 164 valence electrons.